The number of aryl methyl sites for hydroxylation is 1. The zero-order valence-electron chi connectivity index (χ0n) is 11.1. The number of hydrogen-bond donors (Lipinski definition) is 3. The van der Waals surface area contributed by atoms with E-state index >= 15 is 0 Å². The van der Waals surface area contributed by atoms with Crippen molar-refractivity contribution in [3.63, 3.8) is 0 Å². The lowest BCUT2D eigenvalue weighted by Gasteiger charge is -2.04. The summed E-state index contributed by atoms with van der Waals surface area (Å²) in [7, 11) is 0. The number of carbonyl (C=O) groups is 1. The van der Waals surface area contributed by atoms with Gasteiger partial charge in [-0.1, -0.05) is 0 Å². The number of pyridine rings is 1. The molecule has 0 bridgehead atoms. The number of rotatable bonds is 4. The topological polar surface area (TPSA) is 118 Å². The van der Waals surface area contributed by atoms with Gasteiger partial charge in [-0.05, 0) is 18.2 Å². The number of H-pyrrole nitrogens is 1. The molecule has 21 heavy (non-hydrogen) atoms. The van der Waals surface area contributed by atoms with Crippen LogP contribution in [0.5, 0.6) is 0 Å². The lowest BCUT2D eigenvalue weighted by Crippen LogP contribution is -2.04. The molecule has 0 aliphatic heterocycles. The van der Waals surface area contributed by atoms with Crippen molar-refractivity contribution >= 4 is 23.0 Å². The molecule has 0 spiro atoms. The number of fused-ring (bicyclic) bond motifs is 1. The summed E-state index contributed by atoms with van der Waals surface area (Å²) in [6.45, 7) is 0. The second kappa shape index (κ2) is 5.20. The molecule has 0 aromatic carbocycles. The van der Waals surface area contributed by atoms with Crippen LogP contribution in [0.25, 0.3) is 22.3 Å². The van der Waals surface area contributed by atoms with E-state index in [9.17, 15) is 4.79 Å². The molecule has 3 heterocycles. The van der Waals surface area contributed by atoms with Crippen molar-refractivity contribution in [2.24, 2.45) is 0 Å². The third-order valence-corrected chi connectivity index (χ3v) is 3.12. The zero-order valence-corrected chi connectivity index (χ0v) is 11.1. The van der Waals surface area contributed by atoms with Crippen molar-refractivity contribution in [1.82, 2.24) is 19.9 Å². The third kappa shape index (κ3) is 2.66. The number of nitrogens with one attached hydrogen (secondary N) is 1. The summed E-state index contributed by atoms with van der Waals surface area (Å²) in [4.78, 5) is 26.2. The summed E-state index contributed by atoms with van der Waals surface area (Å²) in [5, 5.41) is 9.68. The monoisotopic (exact) mass is 283 g/mol. The molecule has 0 unspecified atom stereocenters. The molecule has 0 saturated carbocycles. The molecule has 0 atom stereocenters. The average Bonchev–Trinajstić information content (AvgIpc) is 2.88. The summed E-state index contributed by atoms with van der Waals surface area (Å²) in [5.41, 5.74) is 8.61. The highest BCUT2D eigenvalue weighted by Gasteiger charge is 2.11. The summed E-state index contributed by atoms with van der Waals surface area (Å²) in [5.74, 6) is -0.740. The minimum absolute atomic E-state index is 0.00529. The number of carboxylic acid groups (broad SMARTS) is 1. The highest BCUT2D eigenvalue weighted by atomic mass is 16.4. The van der Waals surface area contributed by atoms with Gasteiger partial charge in [-0.25, -0.2) is 15.0 Å². The van der Waals surface area contributed by atoms with E-state index in [4.69, 9.17) is 10.8 Å². The SMILES string of the molecule is Nc1nc(CCC(=O)O)cc(-c2c[nH]c3ncccc23)n1. The van der Waals surface area contributed by atoms with Gasteiger partial charge in [0.25, 0.3) is 0 Å². The molecule has 7 nitrogen and oxygen atoms in total. The largest absolute Gasteiger partial charge is 0.481 e. The van der Waals surface area contributed by atoms with E-state index in [0.29, 0.717) is 17.8 Å². The van der Waals surface area contributed by atoms with E-state index in [1.807, 2.05) is 12.1 Å². The quantitative estimate of drug-likeness (QED) is 0.669. The smallest absolute Gasteiger partial charge is 0.303 e. The van der Waals surface area contributed by atoms with Crippen molar-refractivity contribution in [1.29, 1.82) is 0 Å². The van der Waals surface area contributed by atoms with Gasteiger partial charge in [0.1, 0.15) is 5.65 Å². The Morgan fingerprint density at radius 2 is 2.24 bits per heavy atom. The van der Waals surface area contributed by atoms with Gasteiger partial charge in [-0.2, -0.15) is 0 Å². The molecule has 3 aromatic heterocycles. The molecule has 7 heteroatoms. The number of aromatic nitrogens is 4. The van der Waals surface area contributed by atoms with E-state index in [1.165, 1.54) is 0 Å². The van der Waals surface area contributed by atoms with Crippen LogP contribution >= 0.6 is 0 Å². The summed E-state index contributed by atoms with van der Waals surface area (Å²) in [6, 6.07) is 5.54. The number of carboxylic acids is 1. The lowest BCUT2D eigenvalue weighted by molar-refractivity contribution is -0.136. The van der Waals surface area contributed by atoms with Crippen LogP contribution in [0.2, 0.25) is 0 Å². The Kier molecular flexibility index (Phi) is 3.23. The fourth-order valence-corrected chi connectivity index (χ4v) is 2.19. The molecule has 0 aliphatic carbocycles. The molecule has 0 aliphatic rings. The predicted molar refractivity (Wildman–Crippen MR) is 77.5 cm³/mol. The Morgan fingerprint density at radius 3 is 3.05 bits per heavy atom. The molecule has 0 radical (unpaired) electrons. The van der Waals surface area contributed by atoms with Crippen LogP contribution in [0.4, 0.5) is 5.95 Å². The number of nitrogens with zero attached hydrogens (tertiary/aromatic N) is 3. The minimum Gasteiger partial charge on any atom is -0.481 e. The van der Waals surface area contributed by atoms with Crippen molar-refractivity contribution in [2.75, 3.05) is 5.73 Å². The van der Waals surface area contributed by atoms with Crippen LogP contribution in [0.1, 0.15) is 12.1 Å². The van der Waals surface area contributed by atoms with Crippen LogP contribution in [0.15, 0.2) is 30.6 Å². The van der Waals surface area contributed by atoms with Crippen LogP contribution < -0.4 is 5.73 Å². The van der Waals surface area contributed by atoms with Crippen molar-refractivity contribution < 1.29 is 9.90 Å². The van der Waals surface area contributed by atoms with Crippen LogP contribution in [0, 0.1) is 0 Å². The number of aromatic amines is 1. The Labute approximate surface area is 119 Å². The summed E-state index contributed by atoms with van der Waals surface area (Å²) in [6.07, 6.45) is 3.83. The van der Waals surface area contributed by atoms with Gasteiger partial charge in [0, 0.05) is 35.5 Å². The van der Waals surface area contributed by atoms with Crippen molar-refractivity contribution in [2.45, 2.75) is 12.8 Å². The van der Waals surface area contributed by atoms with Crippen molar-refractivity contribution in [3.05, 3.63) is 36.3 Å². The maximum atomic E-state index is 10.7. The van der Waals surface area contributed by atoms with E-state index in [0.717, 1.165) is 16.6 Å². The van der Waals surface area contributed by atoms with Crippen LogP contribution in [-0.2, 0) is 11.2 Å². The highest BCUT2D eigenvalue weighted by Crippen LogP contribution is 2.26. The van der Waals surface area contributed by atoms with Gasteiger partial charge in [0.2, 0.25) is 5.95 Å². The Balaban J connectivity index is 2.03. The first kappa shape index (κ1) is 13.0. The Morgan fingerprint density at radius 1 is 1.38 bits per heavy atom. The maximum Gasteiger partial charge on any atom is 0.303 e. The van der Waals surface area contributed by atoms with Gasteiger partial charge < -0.3 is 15.8 Å². The molecule has 0 amide bonds. The minimum atomic E-state index is -0.870. The van der Waals surface area contributed by atoms with Gasteiger partial charge >= 0.3 is 5.97 Å². The number of aliphatic carboxylic acids is 1. The van der Waals surface area contributed by atoms with Gasteiger partial charge in [-0.15, -0.1) is 0 Å². The van der Waals surface area contributed by atoms with E-state index in [-0.39, 0.29) is 12.4 Å². The third-order valence-electron chi connectivity index (χ3n) is 3.12. The Hall–Kier alpha value is -2.96. The highest BCUT2D eigenvalue weighted by molar-refractivity contribution is 5.92. The van der Waals surface area contributed by atoms with E-state index < -0.39 is 5.97 Å². The normalized spacial score (nSPS) is 10.9. The number of nitrogens with two attached hydrogens (primary N) is 1. The average molecular weight is 283 g/mol. The predicted octanol–water partition coefficient (Wildman–Crippen LogP) is 1.62. The van der Waals surface area contributed by atoms with Crippen molar-refractivity contribution in [3.8, 4) is 11.3 Å². The maximum absolute atomic E-state index is 10.7. The molecule has 4 N–H and O–H groups in total. The number of anilines is 1. The van der Waals surface area contributed by atoms with Gasteiger partial charge in [0.05, 0.1) is 12.1 Å². The molecule has 106 valence electrons. The second-order valence-electron chi connectivity index (χ2n) is 4.60. The van der Waals surface area contributed by atoms with Crippen LogP contribution in [0.3, 0.4) is 0 Å². The molecule has 0 fully saturated rings. The first-order valence-electron chi connectivity index (χ1n) is 6.41. The molecular weight excluding hydrogens is 270 g/mol. The van der Waals surface area contributed by atoms with Crippen LogP contribution in [-0.4, -0.2) is 31.0 Å². The second-order valence-corrected chi connectivity index (χ2v) is 4.60. The van der Waals surface area contributed by atoms with Gasteiger partial charge in [0.15, 0.2) is 0 Å². The molecule has 3 rings (SSSR count). The fraction of sp³-hybridized carbons (Fsp3) is 0.143. The molecule has 0 saturated heterocycles. The first-order valence-corrected chi connectivity index (χ1v) is 6.41. The number of hydrogen-bond acceptors (Lipinski definition) is 5. The Bertz CT molecular complexity index is 812. The fourth-order valence-electron chi connectivity index (χ4n) is 2.19. The molecule has 3 aromatic rings. The van der Waals surface area contributed by atoms with E-state index in [2.05, 4.69) is 19.9 Å². The zero-order chi connectivity index (χ0) is 14.8. The van der Waals surface area contributed by atoms with Gasteiger partial charge in [-0.3, -0.25) is 4.79 Å². The molecular formula is C14H13N5O2. The number of nitrogen functional groups attached to an aromatic ring is 1. The summed E-state index contributed by atoms with van der Waals surface area (Å²) >= 11 is 0. The first-order chi connectivity index (χ1) is 10.1. The van der Waals surface area contributed by atoms with E-state index in [1.54, 1.807) is 18.5 Å². The lowest BCUT2D eigenvalue weighted by atomic mass is 10.1. The standard InChI is InChI=1S/C14H13N5O2/c15-14-18-8(3-4-12(20)21)6-11(19-14)10-7-17-13-9(10)2-1-5-16-13/h1-2,5-7H,3-4H2,(H,16,17)(H,20,21)(H2,15,18,19). The summed E-state index contributed by atoms with van der Waals surface area (Å²) < 4.78 is 0.